The van der Waals surface area contributed by atoms with Gasteiger partial charge in [-0.25, -0.2) is 13.2 Å². The molecule has 4 aromatic rings. The van der Waals surface area contributed by atoms with E-state index in [1.165, 1.54) is 17.7 Å². The quantitative estimate of drug-likeness (QED) is 0.198. The minimum atomic E-state index is -0.984. The molecule has 0 spiro atoms. The molecule has 0 saturated carbocycles. The predicted octanol–water partition coefficient (Wildman–Crippen LogP) is 8.02. The highest BCUT2D eigenvalue weighted by molar-refractivity contribution is 14.1. The van der Waals surface area contributed by atoms with E-state index in [4.69, 9.17) is 0 Å². The molecule has 0 saturated heterocycles. The summed E-state index contributed by atoms with van der Waals surface area (Å²) in [7, 11) is 0. The van der Waals surface area contributed by atoms with Gasteiger partial charge in [0.15, 0.2) is 11.6 Å². The molecule has 0 heterocycles. The number of hydrogen-bond acceptors (Lipinski definition) is 0. The van der Waals surface area contributed by atoms with Crippen LogP contribution in [0.2, 0.25) is 0 Å². The molecule has 0 atom stereocenters. The van der Waals surface area contributed by atoms with E-state index in [1.54, 1.807) is 34.7 Å². The summed E-state index contributed by atoms with van der Waals surface area (Å²) in [6.07, 6.45) is 0. The third-order valence-corrected chi connectivity index (χ3v) is 5.65. The van der Waals surface area contributed by atoms with Crippen molar-refractivity contribution in [2.75, 3.05) is 0 Å². The molecule has 0 aliphatic rings. The first kappa shape index (κ1) is 19.7. The van der Waals surface area contributed by atoms with Crippen LogP contribution in [-0.4, -0.2) is 0 Å². The van der Waals surface area contributed by atoms with Crippen molar-refractivity contribution in [1.29, 1.82) is 0 Å². The lowest BCUT2D eigenvalue weighted by atomic mass is 9.97. The summed E-state index contributed by atoms with van der Waals surface area (Å²) in [6.45, 7) is 2.05. The summed E-state index contributed by atoms with van der Waals surface area (Å²) >= 11 is 1.70. The van der Waals surface area contributed by atoms with E-state index in [0.29, 0.717) is 5.56 Å². The maximum atomic E-state index is 14.7. The van der Waals surface area contributed by atoms with E-state index in [1.807, 2.05) is 31.2 Å². The third-order valence-electron chi connectivity index (χ3n) is 4.87. The molecule has 29 heavy (non-hydrogen) atoms. The molecule has 0 aliphatic heterocycles. The van der Waals surface area contributed by atoms with Gasteiger partial charge >= 0.3 is 0 Å². The van der Waals surface area contributed by atoms with Crippen molar-refractivity contribution >= 4 is 22.6 Å². The van der Waals surface area contributed by atoms with E-state index >= 15 is 0 Å². The molecule has 0 N–H and O–H groups in total. The molecule has 0 unspecified atom stereocenters. The maximum absolute atomic E-state index is 14.7. The van der Waals surface area contributed by atoms with Crippen LogP contribution in [0.5, 0.6) is 0 Å². The number of aryl methyl sites for hydroxylation is 1. The minimum Gasteiger partial charge on any atom is -0.206 e. The highest BCUT2D eigenvalue weighted by Crippen LogP contribution is 2.31. The molecule has 0 aliphatic carbocycles. The highest BCUT2D eigenvalue weighted by atomic mass is 127. The van der Waals surface area contributed by atoms with Gasteiger partial charge in [-0.2, -0.15) is 0 Å². The lowest BCUT2D eigenvalue weighted by Crippen LogP contribution is -1.93. The summed E-state index contributed by atoms with van der Waals surface area (Å²) in [6, 6.07) is 23.4. The first-order valence-electron chi connectivity index (χ1n) is 9.04. The van der Waals surface area contributed by atoms with Gasteiger partial charge in [-0.1, -0.05) is 66.2 Å². The van der Waals surface area contributed by atoms with Crippen LogP contribution in [0.4, 0.5) is 13.2 Å². The average molecular weight is 500 g/mol. The Balaban J connectivity index is 1.65. The van der Waals surface area contributed by atoms with E-state index in [2.05, 4.69) is 24.3 Å². The number of rotatable bonds is 3. The number of halogens is 4. The van der Waals surface area contributed by atoms with Crippen molar-refractivity contribution in [3.05, 3.63) is 105 Å². The molecule has 0 amide bonds. The van der Waals surface area contributed by atoms with Gasteiger partial charge in [-0.15, -0.1) is 0 Å². The molecule has 0 fully saturated rings. The van der Waals surface area contributed by atoms with E-state index in [-0.39, 0.29) is 9.13 Å². The zero-order valence-electron chi connectivity index (χ0n) is 15.5. The van der Waals surface area contributed by atoms with Gasteiger partial charge in [0.05, 0.1) is 3.57 Å². The SMILES string of the molecule is Cc1ccc(-c2ccc(-c3ccc(-c4cc(F)c(F)c(I)c4)c(F)c3)cc2)cc1. The molecule has 4 rings (SSSR count). The highest BCUT2D eigenvalue weighted by Gasteiger charge is 2.13. The predicted molar refractivity (Wildman–Crippen MR) is 120 cm³/mol. The Bertz CT molecular complexity index is 1160. The molecule has 144 valence electrons. The van der Waals surface area contributed by atoms with Crippen molar-refractivity contribution in [2.24, 2.45) is 0 Å². The Kier molecular flexibility index (Phi) is 5.46. The molecule has 0 bridgehead atoms. The van der Waals surface area contributed by atoms with Crippen molar-refractivity contribution in [3.63, 3.8) is 0 Å². The summed E-state index contributed by atoms with van der Waals surface area (Å²) in [5, 5.41) is 0. The molecular formula is C25H16F3I. The van der Waals surface area contributed by atoms with Crippen molar-refractivity contribution in [3.8, 4) is 33.4 Å². The van der Waals surface area contributed by atoms with Crippen molar-refractivity contribution < 1.29 is 13.2 Å². The summed E-state index contributed by atoms with van der Waals surface area (Å²) in [5.74, 6) is -2.38. The third kappa shape index (κ3) is 4.08. The maximum Gasteiger partial charge on any atom is 0.172 e. The van der Waals surface area contributed by atoms with Gasteiger partial charge in [0.1, 0.15) is 5.82 Å². The largest absolute Gasteiger partial charge is 0.206 e. The van der Waals surface area contributed by atoms with Crippen LogP contribution in [0, 0.1) is 27.9 Å². The molecule has 4 aromatic carbocycles. The minimum absolute atomic E-state index is 0.118. The van der Waals surface area contributed by atoms with Crippen LogP contribution in [0.1, 0.15) is 5.56 Å². The van der Waals surface area contributed by atoms with Crippen molar-refractivity contribution in [1.82, 2.24) is 0 Å². The van der Waals surface area contributed by atoms with Crippen LogP contribution < -0.4 is 0 Å². The molecular weight excluding hydrogens is 484 g/mol. The topological polar surface area (TPSA) is 0 Å². The molecule has 4 heteroatoms. The second-order valence-corrected chi connectivity index (χ2v) is 8.05. The Labute approximate surface area is 181 Å². The summed E-state index contributed by atoms with van der Waals surface area (Å²) in [5.41, 5.74) is 5.56. The van der Waals surface area contributed by atoms with E-state index in [9.17, 15) is 13.2 Å². The Morgan fingerprint density at radius 1 is 0.552 bits per heavy atom. The standard InChI is InChI=1S/C25H16F3I/c1-15-2-4-16(5-3-15)17-6-8-18(9-7-17)19-10-11-21(22(26)12-19)20-13-23(27)25(28)24(29)14-20/h2-14H,1H3. The van der Waals surface area contributed by atoms with Gasteiger partial charge in [-0.3, -0.25) is 0 Å². The van der Waals surface area contributed by atoms with Crippen LogP contribution >= 0.6 is 22.6 Å². The molecule has 0 radical (unpaired) electrons. The monoisotopic (exact) mass is 500 g/mol. The second-order valence-electron chi connectivity index (χ2n) is 6.89. The van der Waals surface area contributed by atoms with Crippen molar-refractivity contribution in [2.45, 2.75) is 6.92 Å². The van der Waals surface area contributed by atoms with Crippen LogP contribution in [0.3, 0.4) is 0 Å². The van der Waals surface area contributed by atoms with Gasteiger partial charge in [0.2, 0.25) is 0 Å². The van der Waals surface area contributed by atoms with Gasteiger partial charge in [0, 0.05) is 5.56 Å². The fourth-order valence-electron chi connectivity index (χ4n) is 3.24. The first-order chi connectivity index (χ1) is 13.9. The van der Waals surface area contributed by atoms with Gasteiger partial charge < -0.3 is 0 Å². The number of hydrogen-bond donors (Lipinski definition) is 0. The number of benzene rings is 4. The van der Waals surface area contributed by atoms with Gasteiger partial charge in [0.25, 0.3) is 0 Å². The lowest BCUT2D eigenvalue weighted by molar-refractivity contribution is 0.504. The fourth-order valence-corrected chi connectivity index (χ4v) is 3.83. The zero-order valence-corrected chi connectivity index (χ0v) is 17.7. The van der Waals surface area contributed by atoms with E-state index < -0.39 is 17.5 Å². The normalized spacial score (nSPS) is 10.9. The van der Waals surface area contributed by atoms with Crippen LogP contribution in [-0.2, 0) is 0 Å². The second kappa shape index (κ2) is 8.03. The van der Waals surface area contributed by atoms with Crippen LogP contribution in [0.15, 0.2) is 78.9 Å². The van der Waals surface area contributed by atoms with Crippen LogP contribution in [0.25, 0.3) is 33.4 Å². The zero-order chi connectivity index (χ0) is 20.5. The van der Waals surface area contributed by atoms with E-state index in [0.717, 1.165) is 28.3 Å². The summed E-state index contributed by atoms with van der Waals surface area (Å²) < 4.78 is 42.1. The lowest BCUT2D eigenvalue weighted by Gasteiger charge is -2.09. The van der Waals surface area contributed by atoms with Gasteiger partial charge in [-0.05, 0) is 75.5 Å². The Morgan fingerprint density at radius 2 is 1.03 bits per heavy atom. The smallest absolute Gasteiger partial charge is 0.172 e. The fraction of sp³-hybridized carbons (Fsp3) is 0.0400. The summed E-state index contributed by atoms with van der Waals surface area (Å²) in [4.78, 5) is 0. The average Bonchev–Trinajstić information content (AvgIpc) is 2.72. The molecule has 0 aromatic heterocycles. The first-order valence-corrected chi connectivity index (χ1v) is 10.1. The Hall–Kier alpha value is -2.60. The Morgan fingerprint density at radius 3 is 1.59 bits per heavy atom. The molecule has 0 nitrogen and oxygen atoms in total.